The molecule has 4 heteroatoms. The quantitative estimate of drug-likeness (QED) is 0.841. The Labute approximate surface area is 124 Å². The number of nitrogens with two attached hydrogens (primary N) is 1. The minimum absolute atomic E-state index is 0.101. The van der Waals surface area contributed by atoms with Gasteiger partial charge in [0.15, 0.2) is 0 Å². The Kier molecular flexibility index (Phi) is 5.19. The number of amides is 1. The molecular weight excluding hydrogens is 264 g/mol. The summed E-state index contributed by atoms with van der Waals surface area (Å²) < 4.78 is 5.23. The number of nitrogens with one attached hydrogen (secondary N) is 1. The minimum atomic E-state index is -0.101. The van der Waals surface area contributed by atoms with Crippen LogP contribution in [0.25, 0.3) is 0 Å². The van der Waals surface area contributed by atoms with E-state index in [1.807, 2.05) is 31.2 Å². The predicted molar refractivity (Wildman–Crippen MR) is 81.9 cm³/mol. The smallest absolute Gasteiger partial charge is 0.251 e. The number of hydrogen-bond donors (Lipinski definition) is 2. The summed E-state index contributed by atoms with van der Waals surface area (Å²) >= 11 is 0. The summed E-state index contributed by atoms with van der Waals surface area (Å²) in [4.78, 5) is 12.2. The van der Waals surface area contributed by atoms with Crippen LogP contribution in [0.5, 0.6) is 0 Å². The average Bonchev–Trinajstić information content (AvgIpc) is 2.99. The topological polar surface area (TPSA) is 68.3 Å². The fraction of sp³-hybridized carbons (Fsp3) is 0.235. The highest BCUT2D eigenvalue weighted by Crippen LogP contribution is 2.13. The van der Waals surface area contributed by atoms with Crippen LogP contribution in [0, 0.1) is 18.8 Å². The lowest BCUT2D eigenvalue weighted by Crippen LogP contribution is -2.26. The molecule has 4 nitrogen and oxygen atoms in total. The van der Waals surface area contributed by atoms with Gasteiger partial charge in [0.2, 0.25) is 0 Å². The first-order valence-electron chi connectivity index (χ1n) is 6.81. The molecule has 21 heavy (non-hydrogen) atoms. The molecule has 1 aromatic carbocycles. The molecular formula is C17H18N2O2. The standard InChI is InChI=1S/C17H18N2O2/c1-13-14(6-3-10-18)5-2-8-16(13)17(20)19-11-9-15-7-4-12-21-15/h2,4-5,7-8,12H,9-11,18H2,1H3,(H,19,20). The molecule has 108 valence electrons. The number of carbonyl (C=O) groups is 1. The van der Waals surface area contributed by atoms with Gasteiger partial charge in [0.1, 0.15) is 5.76 Å². The lowest BCUT2D eigenvalue weighted by atomic mass is 10.0. The van der Waals surface area contributed by atoms with Crippen molar-refractivity contribution in [2.75, 3.05) is 13.1 Å². The van der Waals surface area contributed by atoms with Crippen LogP contribution in [-0.4, -0.2) is 19.0 Å². The first-order chi connectivity index (χ1) is 10.2. The molecule has 2 aromatic rings. The van der Waals surface area contributed by atoms with Crippen LogP contribution in [0.2, 0.25) is 0 Å². The van der Waals surface area contributed by atoms with E-state index in [0.29, 0.717) is 25.1 Å². The number of carbonyl (C=O) groups excluding carboxylic acids is 1. The molecule has 0 atom stereocenters. The zero-order valence-corrected chi connectivity index (χ0v) is 12.0. The Balaban J connectivity index is 2.01. The molecule has 2 rings (SSSR count). The molecule has 0 aliphatic carbocycles. The van der Waals surface area contributed by atoms with E-state index in [1.54, 1.807) is 12.3 Å². The molecule has 0 aliphatic rings. The highest BCUT2D eigenvalue weighted by molar-refractivity contribution is 5.96. The lowest BCUT2D eigenvalue weighted by Gasteiger charge is -2.08. The highest BCUT2D eigenvalue weighted by atomic mass is 16.3. The van der Waals surface area contributed by atoms with Crippen molar-refractivity contribution in [2.45, 2.75) is 13.3 Å². The van der Waals surface area contributed by atoms with E-state index in [2.05, 4.69) is 17.2 Å². The van der Waals surface area contributed by atoms with Gasteiger partial charge < -0.3 is 15.5 Å². The maximum Gasteiger partial charge on any atom is 0.251 e. The van der Waals surface area contributed by atoms with Crippen molar-refractivity contribution in [3.63, 3.8) is 0 Å². The van der Waals surface area contributed by atoms with E-state index >= 15 is 0 Å². The van der Waals surface area contributed by atoms with Crippen LogP contribution in [0.15, 0.2) is 41.0 Å². The minimum Gasteiger partial charge on any atom is -0.469 e. The molecule has 0 saturated carbocycles. The molecule has 0 bridgehead atoms. The summed E-state index contributed by atoms with van der Waals surface area (Å²) in [6.45, 7) is 2.73. The lowest BCUT2D eigenvalue weighted by molar-refractivity contribution is 0.0953. The van der Waals surface area contributed by atoms with Gasteiger partial charge in [-0.2, -0.15) is 0 Å². The van der Waals surface area contributed by atoms with Gasteiger partial charge in [-0.05, 0) is 36.8 Å². The molecule has 3 N–H and O–H groups in total. The summed E-state index contributed by atoms with van der Waals surface area (Å²) in [6.07, 6.45) is 2.30. The summed E-state index contributed by atoms with van der Waals surface area (Å²) in [5.41, 5.74) is 7.71. The number of furan rings is 1. The summed E-state index contributed by atoms with van der Waals surface area (Å²) in [5.74, 6) is 6.54. The maximum atomic E-state index is 12.2. The monoisotopic (exact) mass is 282 g/mol. The van der Waals surface area contributed by atoms with E-state index in [-0.39, 0.29) is 5.91 Å². The third-order valence-electron chi connectivity index (χ3n) is 3.14. The van der Waals surface area contributed by atoms with Gasteiger partial charge in [0.05, 0.1) is 12.8 Å². The third kappa shape index (κ3) is 3.98. The third-order valence-corrected chi connectivity index (χ3v) is 3.14. The predicted octanol–water partition coefficient (Wildman–Crippen LogP) is 1.87. The van der Waals surface area contributed by atoms with Gasteiger partial charge in [-0.1, -0.05) is 17.9 Å². The van der Waals surface area contributed by atoms with Crippen LogP contribution < -0.4 is 11.1 Å². The van der Waals surface area contributed by atoms with Crippen LogP contribution in [0.1, 0.15) is 27.2 Å². The zero-order chi connectivity index (χ0) is 15.1. The molecule has 1 aromatic heterocycles. The molecule has 0 unspecified atom stereocenters. The number of hydrogen-bond acceptors (Lipinski definition) is 3. The SMILES string of the molecule is Cc1c(C#CCN)cccc1C(=O)NCCc1ccco1. The zero-order valence-electron chi connectivity index (χ0n) is 12.0. The second-order valence-electron chi connectivity index (χ2n) is 4.57. The fourth-order valence-electron chi connectivity index (χ4n) is 2.01. The molecule has 0 fully saturated rings. The van der Waals surface area contributed by atoms with Crippen LogP contribution in [0.4, 0.5) is 0 Å². The summed E-state index contributed by atoms with van der Waals surface area (Å²) in [5, 5.41) is 2.89. The normalized spacial score (nSPS) is 9.81. The first-order valence-corrected chi connectivity index (χ1v) is 6.81. The van der Waals surface area contributed by atoms with Gasteiger partial charge in [0.25, 0.3) is 5.91 Å². The van der Waals surface area contributed by atoms with Crippen molar-refractivity contribution in [3.8, 4) is 11.8 Å². The molecule has 1 heterocycles. The van der Waals surface area contributed by atoms with Gasteiger partial charge in [-0.25, -0.2) is 0 Å². The van der Waals surface area contributed by atoms with E-state index in [1.165, 1.54) is 0 Å². The maximum absolute atomic E-state index is 12.2. The molecule has 0 aliphatic heterocycles. The largest absolute Gasteiger partial charge is 0.469 e. The van der Waals surface area contributed by atoms with Crippen molar-refractivity contribution < 1.29 is 9.21 Å². The Morgan fingerprint density at radius 1 is 1.33 bits per heavy atom. The van der Waals surface area contributed by atoms with Crippen molar-refractivity contribution in [2.24, 2.45) is 5.73 Å². The Bertz CT molecular complexity index is 664. The van der Waals surface area contributed by atoms with Crippen molar-refractivity contribution in [1.29, 1.82) is 0 Å². The van der Waals surface area contributed by atoms with Crippen molar-refractivity contribution in [3.05, 3.63) is 59.0 Å². The van der Waals surface area contributed by atoms with Crippen LogP contribution >= 0.6 is 0 Å². The molecule has 0 saturated heterocycles. The Morgan fingerprint density at radius 2 is 2.19 bits per heavy atom. The number of benzene rings is 1. The summed E-state index contributed by atoms with van der Waals surface area (Å²) in [6, 6.07) is 9.24. The molecule has 0 radical (unpaired) electrons. The van der Waals surface area contributed by atoms with Crippen LogP contribution in [0.3, 0.4) is 0 Å². The molecule has 0 spiro atoms. The van der Waals surface area contributed by atoms with Gasteiger partial charge in [-0.3, -0.25) is 4.79 Å². The second-order valence-corrected chi connectivity index (χ2v) is 4.57. The van der Waals surface area contributed by atoms with E-state index in [4.69, 9.17) is 10.2 Å². The fourth-order valence-corrected chi connectivity index (χ4v) is 2.01. The van der Waals surface area contributed by atoms with Crippen LogP contribution in [-0.2, 0) is 6.42 Å². The van der Waals surface area contributed by atoms with E-state index < -0.39 is 0 Å². The highest BCUT2D eigenvalue weighted by Gasteiger charge is 2.10. The number of rotatable bonds is 4. The van der Waals surface area contributed by atoms with Crippen molar-refractivity contribution in [1.82, 2.24) is 5.32 Å². The Hall–Kier alpha value is -2.51. The summed E-state index contributed by atoms with van der Waals surface area (Å²) in [7, 11) is 0. The van der Waals surface area contributed by atoms with E-state index in [9.17, 15) is 4.79 Å². The van der Waals surface area contributed by atoms with Crippen molar-refractivity contribution >= 4 is 5.91 Å². The first kappa shape index (κ1) is 14.9. The second kappa shape index (κ2) is 7.32. The van der Waals surface area contributed by atoms with Gasteiger partial charge in [-0.15, -0.1) is 0 Å². The Morgan fingerprint density at radius 3 is 2.90 bits per heavy atom. The van der Waals surface area contributed by atoms with E-state index in [0.717, 1.165) is 16.9 Å². The average molecular weight is 282 g/mol. The van der Waals surface area contributed by atoms with Gasteiger partial charge in [0, 0.05) is 24.1 Å². The van der Waals surface area contributed by atoms with Gasteiger partial charge >= 0.3 is 0 Å². The molecule has 1 amide bonds.